The molecular weight excluding hydrogens is 318 g/mol. The molecular formula is C20H16NS2+. The van der Waals surface area contributed by atoms with Crippen molar-refractivity contribution in [2.75, 3.05) is 0 Å². The van der Waals surface area contributed by atoms with E-state index >= 15 is 0 Å². The van der Waals surface area contributed by atoms with Gasteiger partial charge in [-0.25, -0.2) is 0 Å². The predicted molar refractivity (Wildman–Crippen MR) is 99.0 cm³/mol. The highest BCUT2D eigenvalue weighted by atomic mass is 32.2. The first-order valence-electron chi connectivity index (χ1n) is 7.52. The normalized spacial score (nSPS) is 11.0. The first kappa shape index (κ1) is 14.5. The zero-order valence-corrected chi connectivity index (χ0v) is 14.4. The average Bonchev–Trinajstić information content (AvgIpc) is 2.96. The number of fused-ring (bicyclic) bond motifs is 1. The Balaban J connectivity index is 1.66. The van der Waals surface area contributed by atoms with E-state index in [4.69, 9.17) is 0 Å². The summed E-state index contributed by atoms with van der Waals surface area (Å²) in [5, 5.41) is 3.85. The van der Waals surface area contributed by atoms with Gasteiger partial charge in [-0.1, -0.05) is 60.7 Å². The molecule has 1 nitrogen and oxygen atoms in total. The van der Waals surface area contributed by atoms with E-state index in [9.17, 15) is 0 Å². The maximum absolute atomic E-state index is 2.28. The van der Waals surface area contributed by atoms with Crippen molar-refractivity contribution in [3.63, 3.8) is 0 Å². The molecule has 0 aliphatic rings. The Morgan fingerprint density at radius 1 is 0.783 bits per heavy atom. The van der Waals surface area contributed by atoms with Crippen LogP contribution in [0.5, 0.6) is 0 Å². The summed E-state index contributed by atoms with van der Waals surface area (Å²) in [6.07, 6.45) is 0. The molecule has 1 heterocycles. The van der Waals surface area contributed by atoms with Crippen LogP contribution in [-0.4, -0.2) is 0 Å². The van der Waals surface area contributed by atoms with Gasteiger partial charge in [-0.3, -0.25) is 0 Å². The van der Waals surface area contributed by atoms with Crippen molar-refractivity contribution in [2.24, 2.45) is 7.05 Å². The maximum Gasteiger partial charge on any atom is 0.259 e. The lowest BCUT2D eigenvalue weighted by Gasteiger charge is -2.00. The third-order valence-electron chi connectivity index (χ3n) is 3.80. The summed E-state index contributed by atoms with van der Waals surface area (Å²) >= 11 is 3.60. The zero-order valence-electron chi connectivity index (χ0n) is 12.8. The van der Waals surface area contributed by atoms with Crippen molar-refractivity contribution in [2.45, 2.75) is 9.92 Å². The van der Waals surface area contributed by atoms with Crippen LogP contribution in [0.15, 0.2) is 88.8 Å². The molecule has 0 saturated carbocycles. The van der Waals surface area contributed by atoms with Gasteiger partial charge in [0.25, 0.3) is 5.03 Å². The first-order valence-corrected chi connectivity index (χ1v) is 9.11. The van der Waals surface area contributed by atoms with E-state index < -0.39 is 0 Å². The van der Waals surface area contributed by atoms with Crippen molar-refractivity contribution < 1.29 is 3.96 Å². The van der Waals surface area contributed by atoms with Crippen LogP contribution in [0.4, 0.5) is 0 Å². The van der Waals surface area contributed by atoms with Crippen LogP contribution < -0.4 is 3.96 Å². The molecule has 0 aliphatic heterocycles. The molecule has 3 heteroatoms. The number of aromatic nitrogens is 1. The number of nitrogens with zero attached hydrogens (tertiary/aromatic N) is 1. The molecule has 0 N–H and O–H groups in total. The SMILES string of the molecule is C[n+]1sc(-c2ccccc2)cc1Sc1ccc2ccccc2c1. The third kappa shape index (κ3) is 3.03. The number of benzene rings is 3. The molecule has 0 saturated heterocycles. The van der Waals surface area contributed by atoms with Gasteiger partial charge in [0.15, 0.2) is 7.05 Å². The lowest BCUT2D eigenvalue weighted by Crippen LogP contribution is -2.23. The molecule has 4 rings (SSSR count). The Hall–Kier alpha value is -2.10. The minimum atomic E-state index is 1.27. The topological polar surface area (TPSA) is 3.88 Å². The first-order chi connectivity index (χ1) is 11.3. The molecule has 1 aromatic heterocycles. The van der Waals surface area contributed by atoms with Gasteiger partial charge >= 0.3 is 0 Å². The highest BCUT2D eigenvalue weighted by Crippen LogP contribution is 2.33. The highest BCUT2D eigenvalue weighted by Gasteiger charge is 2.16. The molecule has 0 atom stereocenters. The summed E-state index contributed by atoms with van der Waals surface area (Å²) < 4.78 is 2.24. The minimum absolute atomic E-state index is 1.27. The van der Waals surface area contributed by atoms with Gasteiger partial charge in [0.2, 0.25) is 0 Å². The fourth-order valence-electron chi connectivity index (χ4n) is 2.61. The standard InChI is InChI=1S/C20H16NS2/c1-21-20(14-19(23-21)16-8-3-2-4-9-16)22-18-12-11-15-7-5-6-10-17(15)13-18/h2-14H,1H3/q+1. The fraction of sp³-hybridized carbons (Fsp3) is 0.0500. The van der Waals surface area contributed by atoms with Crippen LogP contribution in [0.2, 0.25) is 0 Å². The van der Waals surface area contributed by atoms with Gasteiger partial charge in [-0.2, -0.15) is 0 Å². The summed E-state index contributed by atoms with van der Waals surface area (Å²) in [6.45, 7) is 0. The van der Waals surface area contributed by atoms with E-state index in [0.29, 0.717) is 0 Å². The summed E-state index contributed by atoms with van der Waals surface area (Å²) in [5.74, 6) is 0. The minimum Gasteiger partial charge on any atom is -0.130 e. The number of aryl methyl sites for hydroxylation is 1. The number of rotatable bonds is 3. The molecule has 0 bridgehead atoms. The lowest BCUT2D eigenvalue weighted by atomic mass is 10.1. The van der Waals surface area contributed by atoms with Crippen molar-refractivity contribution in [1.29, 1.82) is 0 Å². The summed E-state index contributed by atoms with van der Waals surface area (Å²) in [7, 11) is 2.13. The van der Waals surface area contributed by atoms with Gasteiger partial charge in [-0.15, -0.1) is 3.96 Å². The Morgan fingerprint density at radius 3 is 2.35 bits per heavy atom. The maximum atomic E-state index is 2.28. The molecule has 23 heavy (non-hydrogen) atoms. The van der Waals surface area contributed by atoms with E-state index in [1.165, 1.54) is 31.1 Å². The molecule has 0 fully saturated rings. The molecule has 3 aromatic carbocycles. The third-order valence-corrected chi connectivity index (χ3v) is 6.03. The van der Waals surface area contributed by atoms with Crippen molar-refractivity contribution in [3.8, 4) is 10.4 Å². The van der Waals surface area contributed by atoms with Crippen molar-refractivity contribution >= 4 is 34.1 Å². The largest absolute Gasteiger partial charge is 0.259 e. The van der Waals surface area contributed by atoms with Crippen LogP contribution in [0.3, 0.4) is 0 Å². The van der Waals surface area contributed by atoms with Gasteiger partial charge in [0, 0.05) is 11.0 Å². The predicted octanol–water partition coefficient (Wildman–Crippen LogP) is 5.54. The van der Waals surface area contributed by atoms with E-state index in [-0.39, 0.29) is 0 Å². The van der Waals surface area contributed by atoms with E-state index in [2.05, 4.69) is 89.9 Å². The van der Waals surface area contributed by atoms with Crippen LogP contribution >= 0.6 is 23.3 Å². The van der Waals surface area contributed by atoms with Crippen LogP contribution in [0.25, 0.3) is 21.2 Å². The van der Waals surface area contributed by atoms with E-state index in [0.717, 1.165) is 0 Å². The van der Waals surface area contributed by atoms with Crippen LogP contribution in [-0.2, 0) is 7.05 Å². The lowest BCUT2D eigenvalue weighted by molar-refractivity contribution is -0.640. The Bertz CT molecular complexity index is 958. The Morgan fingerprint density at radius 2 is 1.52 bits per heavy atom. The quantitative estimate of drug-likeness (QED) is 0.445. The summed E-state index contributed by atoms with van der Waals surface area (Å²) in [5.41, 5.74) is 1.28. The van der Waals surface area contributed by atoms with Gasteiger partial charge in [0.05, 0.1) is 0 Å². The number of hydrogen-bond donors (Lipinski definition) is 0. The smallest absolute Gasteiger partial charge is 0.130 e. The van der Waals surface area contributed by atoms with Crippen molar-refractivity contribution in [1.82, 2.24) is 0 Å². The molecule has 4 aromatic rings. The van der Waals surface area contributed by atoms with E-state index in [1.54, 1.807) is 11.5 Å². The summed E-state index contributed by atoms with van der Waals surface area (Å²) in [4.78, 5) is 2.58. The van der Waals surface area contributed by atoms with Crippen LogP contribution in [0, 0.1) is 0 Å². The Kier molecular flexibility index (Phi) is 3.90. The molecule has 0 unspecified atom stereocenters. The van der Waals surface area contributed by atoms with Crippen molar-refractivity contribution in [3.05, 3.63) is 78.9 Å². The molecule has 0 radical (unpaired) electrons. The molecule has 0 aliphatic carbocycles. The zero-order chi connectivity index (χ0) is 15.6. The number of hydrogen-bond acceptors (Lipinski definition) is 2. The van der Waals surface area contributed by atoms with Crippen LogP contribution in [0.1, 0.15) is 0 Å². The monoisotopic (exact) mass is 334 g/mol. The second-order valence-electron chi connectivity index (χ2n) is 5.41. The molecule has 0 spiro atoms. The van der Waals surface area contributed by atoms with Gasteiger partial charge < -0.3 is 0 Å². The molecule has 112 valence electrons. The van der Waals surface area contributed by atoms with E-state index in [1.807, 2.05) is 11.8 Å². The average molecular weight is 334 g/mol. The second-order valence-corrected chi connectivity index (χ2v) is 7.68. The summed E-state index contributed by atoms with van der Waals surface area (Å²) in [6, 6.07) is 28.0. The molecule has 0 amide bonds. The second kappa shape index (κ2) is 6.19. The highest BCUT2D eigenvalue weighted by molar-refractivity contribution is 7.99. The van der Waals surface area contributed by atoms with Gasteiger partial charge in [-0.05, 0) is 40.2 Å². The Labute approximate surface area is 144 Å². The van der Waals surface area contributed by atoms with Gasteiger partial charge in [0.1, 0.15) is 16.4 Å². The fourth-order valence-corrected chi connectivity index (χ4v) is 4.62.